The summed E-state index contributed by atoms with van der Waals surface area (Å²) in [5, 5.41) is 4.76. The fraction of sp³-hybridized carbons (Fsp3) is 0.471. The number of rotatable bonds is 2. The van der Waals surface area contributed by atoms with E-state index in [1.165, 1.54) is 37.1 Å². The summed E-state index contributed by atoms with van der Waals surface area (Å²) in [6.45, 7) is 8.05. The van der Waals surface area contributed by atoms with Gasteiger partial charge in [0, 0.05) is 30.7 Å². The molecule has 1 aromatic heterocycles. The second-order valence-corrected chi connectivity index (χ2v) is 6.35. The molecule has 0 spiro atoms. The standard InChI is InChI=1S/C17H21N3/c1-12-2-4-14-6-13(3-5-17(14)19-12)9-20-10-15-7-18-8-16(15)11-20/h2-6,15-16,18H,7-11H2,1H3/t15-,16+. The Morgan fingerprint density at radius 2 is 1.95 bits per heavy atom. The molecule has 1 N–H and O–H groups in total. The number of fused-ring (bicyclic) bond motifs is 2. The summed E-state index contributed by atoms with van der Waals surface area (Å²) in [4.78, 5) is 7.18. The van der Waals surface area contributed by atoms with Crippen molar-refractivity contribution in [3.8, 4) is 0 Å². The second kappa shape index (κ2) is 4.83. The first-order valence-electron chi connectivity index (χ1n) is 7.57. The van der Waals surface area contributed by atoms with E-state index in [1.807, 2.05) is 6.92 Å². The van der Waals surface area contributed by atoms with Crippen LogP contribution in [0.25, 0.3) is 10.9 Å². The van der Waals surface area contributed by atoms with E-state index in [2.05, 4.69) is 45.5 Å². The minimum Gasteiger partial charge on any atom is -0.316 e. The van der Waals surface area contributed by atoms with Crippen LogP contribution < -0.4 is 5.32 Å². The van der Waals surface area contributed by atoms with Crippen molar-refractivity contribution in [2.45, 2.75) is 13.5 Å². The van der Waals surface area contributed by atoms with Gasteiger partial charge in [0.05, 0.1) is 5.52 Å². The van der Waals surface area contributed by atoms with Gasteiger partial charge in [-0.25, -0.2) is 0 Å². The van der Waals surface area contributed by atoms with Gasteiger partial charge in [-0.15, -0.1) is 0 Å². The summed E-state index contributed by atoms with van der Waals surface area (Å²) in [6, 6.07) is 11.0. The van der Waals surface area contributed by atoms with Gasteiger partial charge in [0.25, 0.3) is 0 Å². The molecule has 0 aliphatic carbocycles. The van der Waals surface area contributed by atoms with E-state index in [9.17, 15) is 0 Å². The molecule has 20 heavy (non-hydrogen) atoms. The Morgan fingerprint density at radius 3 is 2.75 bits per heavy atom. The first-order chi connectivity index (χ1) is 9.78. The smallest absolute Gasteiger partial charge is 0.0705 e. The van der Waals surface area contributed by atoms with E-state index in [4.69, 9.17) is 0 Å². The van der Waals surface area contributed by atoms with Gasteiger partial charge in [0.15, 0.2) is 0 Å². The Bertz CT molecular complexity index is 625. The summed E-state index contributed by atoms with van der Waals surface area (Å²) in [7, 11) is 0. The average Bonchev–Trinajstić information content (AvgIpc) is 3.00. The van der Waals surface area contributed by atoms with Crippen LogP contribution in [0.2, 0.25) is 0 Å². The number of likely N-dealkylation sites (tertiary alicyclic amines) is 1. The van der Waals surface area contributed by atoms with Crippen molar-refractivity contribution in [1.82, 2.24) is 15.2 Å². The Morgan fingerprint density at radius 1 is 1.15 bits per heavy atom. The van der Waals surface area contributed by atoms with Crippen LogP contribution in [0, 0.1) is 18.8 Å². The number of pyridine rings is 1. The van der Waals surface area contributed by atoms with Gasteiger partial charge in [-0.2, -0.15) is 0 Å². The third kappa shape index (κ3) is 2.21. The lowest BCUT2D eigenvalue weighted by Crippen LogP contribution is -2.25. The van der Waals surface area contributed by atoms with Crippen LogP contribution in [0.4, 0.5) is 0 Å². The summed E-state index contributed by atoms with van der Waals surface area (Å²) < 4.78 is 0. The SMILES string of the molecule is Cc1ccc2cc(CN3C[C@H]4CNC[C@H]4C3)ccc2n1. The number of hydrogen-bond donors (Lipinski definition) is 1. The van der Waals surface area contributed by atoms with Crippen molar-refractivity contribution in [2.75, 3.05) is 26.2 Å². The summed E-state index contributed by atoms with van der Waals surface area (Å²) in [5.74, 6) is 1.75. The Labute approximate surface area is 120 Å². The molecule has 0 saturated carbocycles. The molecule has 0 unspecified atom stereocenters. The summed E-state index contributed by atoms with van der Waals surface area (Å²) >= 11 is 0. The molecular weight excluding hydrogens is 246 g/mol. The fourth-order valence-electron chi connectivity index (χ4n) is 3.72. The monoisotopic (exact) mass is 267 g/mol. The van der Waals surface area contributed by atoms with E-state index in [0.29, 0.717) is 0 Å². The number of aryl methyl sites for hydroxylation is 1. The summed E-state index contributed by atoms with van der Waals surface area (Å²) in [6.07, 6.45) is 0. The zero-order chi connectivity index (χ0) is 13.5. The van der Waals surface area contributed by atoms with Gasteiger partial charge in [-0.05, 0) is 55.6 Å². The second-order valence-electron chi connectivity index (χ2n) is 6.35. The van der Waals surface area contributed by atoms with Gasteiger partial charge >= 0.3 is 0 Å². The predicted octanol–water partition coefficient (Wildman–Crippen LogP) is 2.19. The van der Waals surface area contributed by atoms with Crippen molar-refractivity contribution in [2.24, 2.45) is 11.8 Å². The van der Waals surface area contributed by atoms with E-state index >= 15 is 0 Å². The normalized spacial score (nSPS) is 26.2. The number of nitrogens with zero attached hydrogens (tertiary/aromatic N) is 2. The van der Waals surface area contributed by atoms with E-state index < -0.39 is 0 Å². The van der Waals surface area contributed by atoms with Crippen molar-refractivity contribution in [3.63, 3.8) is 0 Å². The Balaban J connectivity index is 1.53. The van der Waals surface area contributed by atoms with Crippen LogP contribution in [0.15, 0.2) is 30.3 Å². The van der Waals surface area contributed by atoms with Crippen molar-refractivity contribution < 1.29 is 0 Å². The topological polar surface area (TPSA) is 28.2 Å². The van der Waals surface area contributed by atoms with E-state index in [0.717, 1.165) is 29.6 Å². The molecule has 2 aliphatic heterocycles. The molecule has 0 bridgehead atoms. The highest BCUT2D eigenvalue weighted by atomic mass is 15.2. The molecule has 1 aromatic carbocycles. The highest BCUT2D eigenvalue weighted by molar-refractivity contribution is 5.79. The molecule has 2 aromatic rings. The third-order valence-electron chi connectivity index (χ3n) is 4.76. The van der Waals surface area contributed by atoms with Gasteiger partial charge in [0.1, 0.15) is 0 Å². The lowest BCUT2D eigenvalue weighted by Gasteiger charge is -2.17. The van der Waals surface area contributed by atoms with E-state index in [1.54, 1.807) is 0 Å². The Hall–Kier alpha value is -1.45. The quantitative estimate of drug-likeness (QED) is 0.904. The lowest BCUT2D eigenvalue weighted by molar-refractivity contribution is 0.306. The maximum atomic E-state index is 4.57. The molecule has 3 heterocycles. The molecule has 3 nitrogen and oxygen atoms in total. The van der Waals surface area contributed by atoms with Gasteiger partial charge in [-0.3, -0.25) is 9.88 Å². The molecule has 2 aliphatic rings. The van der Waals surface area contributed by atoms with Crippen LogP contribution >= 0.6 is 0 Å². The fourth-order valence-corrected chi connectivity index (χ4v) is 3.72. The molecular formula is C17H21N3. The van der Waals surface area contributed by atoms with Crippen LogP contribution in [0.3, 0.4) is 0 Å². The highest BCUT2D eigenvalue weighted by Gasteiger charge is 2.35. The zero-order valence-electron chi connectivity index (χ0n) is 12.0. The minimum atomic E-state index is 0.875. The predicted molar refractivity (Wildman–Crippen MR) is 81.6 cm³/mol. The molecule has 0 amide bonds. The third-order valence-corrected chi connectivity index (χ3v) is 4.76. The van der Waals surface area contributed by atoms with Gasteiger partial charge in [-0.1, -0.05) is 12.1 Å². The largest absolute Gasteiger partial charge is 0.316 e. The van der Waals surface area contributed by atoms with Crippen molar-refractivity contribution in [3.05, 3.63) is 41.6 Å². The lowest BCUT2D eigenvalue weighted by atomic mass is 10.0. The van der Waals surface area contributed by atoms with Gasteiger partial charge < -0.3 is 5.32 Å². The highest BCUT2D eigenvalue weighted by Crippen LogP contribution is 2.27. The first kappa shape index (κ1) is 12.3. The average molecular weight is 267 g/mol. The van der Waals surface area contributed by atoms with Crippen LogP contribution in [0.1, 0.15) is 11.3 Å². The molecule has 2 atom stereocenters. The van der Waals surface area contributed by atoms with Crippen molar-refractivity contribution in [1.29, 1.82) is 0 Å². The maximum Gasteiger partial charge on any atom is 0.0705 e. The molecule has 2 saturated heterocycles. The molecule has 4 rings (SSSR count). The Kier molecular flexibility index (Phi) is 2.97. The molecule has 2 fully saturated rings. The van der Waals surface area contributed by atoms with Crippen molar-refractivity contribution >= 4 is 10.9 Å². The number of hydrogen-bond acceptors (Lipinski definition) is 3. The minimum absolute atomic E-state index is 0.875. The van der Waals surface area contributed by atoms with Crippen LogP contribution in [-0.2, 0) is 6.54 Å². The number of aromatic nitrogens is 1. The molecule has 3 heteroatoms. The first-order valence-corrected chi connectivity index (χ1v) is 7.57. The maximum absolute atomic E-state index is 4.57. The van der Waals surface area contributed by atoms with Crippen LogP contribution in [0.5, 0.6) is 0 Å². The molecule has 0 radical (unpaired) electrons. The number of nitrogens with one attached hydrogen (secondary N) is 1. The van der Waals surface area contributed by atoms with Crippen LogP contribution in [-0.4, -0.2) is 36.1 Å². The summed E-state index contributed by atoms with van der Waals surface area (Å²) in [5.41, 5.74) is 3.61. The molecule has 104 valence electrons. The zero-order valence-corrected chi connectivity index (χ0v) is 12.0. The van der Waals surface area contributed by atoms with E-state index in [-0.39, 0.29) is 0 Å². The van der Waals surface area contributed by atoms with Gasteiger partial charge in [0.2, 0.25) is 0 Å². The number of benzene rings is 1.